The van der Waals surface area contributed by atoms with E-state index in [-0.39, 0.29) is 33.6 Å². The zero-order chi connectivity index (χ0) is 26.6. The Morgan fingerprint density at radius 3 is 2.65 bits per heavy atom. The molecule has 0 spiro atoms. The van der Waals surface area contributed by atoms with Gasteiger partial charge in [0.25, 0.3) is 5.91 Å². The van der Waals surface area contributed by atoms with Crippen molar-refractivity contribution in [1.29, 1.82) is 0 Å². The van der Waals surface area contributed by atoms with Crippen molar-refractivity contribution in [3.63, 3.8) is 0 Å². The van der Waals surface area contributed by atoms with Gasteiger partial charge in [-0.05, 0) is 63.1 Å². The number of amides is 1. The minimum atomic E-state index is -0.791. The Balaban J connectivity index is 1.50. The van der Waals surface area contributed by atoms with Gasteiger partial charge in [0.05, 0.1) is 24.0 Å². The van der Waals surface area contributed by atoms with Gasteiger partial charge in [-0.2, -0.15) is 5.10 Å². The number of H-pyrrole nitrogens is 1. The molecule has 2 aromatic carbocycles. The number of aromatic nitrogens is 4. The molecular weight excluding hydrogens is 504 g/mol. The molecule has 2 aromatic heterocycles. The summed E-state index contributed by atoms with van der Waals surface area (Å²) in [7, 11) is 0. The SMILES string of the molecule is CC(C)(O)CCCOc1ccc(Cl)c(-c2cc(NC(=O)c3nc(-c4ccccc4F)n[nH]3)ncc2F)c1. The van der Waals surface area contributed by atoms with E-state index in [0.29, 0.717) is 30.8 Å². The summed E-state index contributed by atoms with van der Waals surface area (Å²) in [4.78, 5) is 20.6. The Kier molecular flexibility index (Phi) is 7.80. The monoisotopic (exact) mass is 527 g/mol. The fourth-order valence-corrected chi connectivity index (χ4v) is 3.73. The third-order valence-electron chi connectivity index (χ3n) is 5.34. The number of ether oxygens (including phenoxy) is 1. The summed E-state index contributed by atoms with van der Waals surface area (Å²) in [6, 6.07) is 12.1. The average Bonchev–Trinajstić information content (AvgIpc) is 3.34. The van der Waals surface area contributed by atoms with Gasteiger partial charge in [-0.3, -0.25) is 9.89 Å². The molecule has 0 bridgehead atoms. The highest BCUT2D eigenvalue weighted by molar-refractivity contribution is 6.33. The van der Waals surface area contributed by atoms with Gasteiger partial charge in [0, 0.05) is 16.1 Å². The average molecular weight is 528 g/mol. The molecule has 0 unspecified atom stereocenters. The Bertz CT molecular complexity index is 1420. The number of nitrogens with zero attached hydrogens (tertiary/aromatic N) is 3. The van der Waals surface area contributed by atoms with Gasteiger partial charge in [0.15, 0.2) is 5.82 Å². The van der Waals surface area contributed by atoms with Crippen LogP contribution in [-0.2, 0) is 0 Å². The number of hydrogen-bond acceptors (Lipinski definition) is 6. The highest BCUT2D eigenvalue weighted by Gasteiger charge is 2.18. The maximum Gasteiger partial charge on any atom is 0.294 e. The van der Waals surface area contributed by atoms with Crippen molar-refractivity contribution in [2.75, 3.05) is 11.9 Å². The van der Waals surface area contributed by atoms with E-state index in [4.69, 9.17) is 16.3 Å². The lowest BCUT2D eigenvalue weighted by Gasteiger charge is -2.17. The molecule has 0 atom stereocenters. The highest BCUT2D eigenvalue weighted by Crippen LogP contribution is 2.34. The molecule has 0 aliphatic rings. The molecule has 192 valence electrons. The van der Waals surface area contributed by atoms with Gasteiger partial charge >= 0.3 is 0 Å². The molecule has 0 radical (unpaired) electrons. The normalized spacial score (nSPS) is 11.4. The van der Waals surface area contributed by atoms with Crippen molar-refractivity contribution >= 4 is 23.3 Å². The zero-order valence-electron chi connectivity index (χ0n) is 20.1. The van der Waals surface area contributed by atoms with Crippen LogP contribution in [0.3, 0.4) is 0 Å². The van der Waals surface area contributed by atoms with Gasteiger partial charge in [-0.1, -0.05) is 23.7 Å². The molecule has 0 aliphatic carbocycles. The number of halogens is 3. The molecule has 0 saturated carbocycles. The third-order valence-corrected chi connectivity index (χ3v) is 5.67. The number of carbonyl (C=O) groups excluding carboxylic acids is 1. The molecule has 0 fully saturated rings. The van der Waals surface area contributed by atoms with Crippen molar-refractivity contribution in [1.82, 2.24) is 20.2 Å². The Morgan fingerprint density at radius 1 is 1.11 bits per heavy atom. The lowest BCUT2D eigenvalue weighted by molar-refractivity contribution is 0.0641. The van der Waals surface area contributed by atoms with Crippen molar-refractivity contribution in [2.24, 2.45) is 0 Å². The summed E-state index contributed by atoms with van der Waals surface area (Å²) in [6.45, 7) is 3.80. The maximum atomic E-state index is 14.7. The molecule has 8 nitrogen and oxygen atoms in total. The van der Waals surface area contributed by atoms with Crippen LogP contribution in [0.15, 0.2) is 54.7 Å². The second-order valence-corrected chi connectivity index (χ2v) is 9.30. The van der Waals surface area contributed by atoms with E-state index in [1.807, 2.05) is 0 Å². The summed E-state index contributed by atoms with van der Waals surface area (Å²) >= 11 is 6.33. The van der Waals surface area contributed by atoms with Crippen LogP contribution in [-0.4, -0.2) is 43.4 Å². The maximum absolute atomic E-state index is 14.7. The van der Waals surface area contributed by atoms with E-state index in [1.165, 1.54) is 24.3 Å². The number of nitrogens with one attached hydrogen (secondary N) is 2. The predicted molar refractivity (Wildman–Crippen MR) is 135 cm³/mol. The minimum Gasteiger partial charge on any atom is -0.494 e. The summed E-state index contributed by atoms with van der Waals surface area (Å²) in [5.74, 6) is -1.53. The molecule has 4 rings (SSSR count). The first-order valence-corrected chi connectivity index (χ1v) is 11.8. The molecule has 37 heavy (non-hydrogen) atoms. The van der Waals surface area contributed by atoms with Crippen LogP contribution < -0.4 is 10.1 Å². The molecule has 4 aromatic rings. The van der Waals surface area contributed by atoms with Gasteiger partial charge in [-0.25, -0.2) is 18.7 Å². The fraction of sp³-hybridized carbons (Fsp3) is 0.231. The number of pyridine rings is 1. The molecule has 3 N–H and O–H groups in total. The van der Waals surface area contributed by atoms with Crippen molar-refractivity contribution in [3.05, 3.63) is 77.2 Å². The third kappa shape index (κ3) is 6.66. The number of carbonyl (C=O) groups is 1. The number of aromatic amines is 1. The first-order chi connectivity index (χ1) is 17.6. The van der Waals surface area contributed by atoms with Crippen LogP contribution in [0.5, 0.6) is 5.75 Å². The summed E-state index contributed by atoms with van der Waals surface area (Å²) in [5, 5.41) is 19.0. The van der Waals surface area contributed by atoms with Crippen molar-refractivity contribution in [2.45, 2.75) is 32.3 Å². The Morgan fingerprint density at radius 2 is 1.89 bits per heavy atom. The predicted octanol–water partition coefficient (Wildman–Crippen LogP) is 5.65. The molecule has 0 saturated heterocycles. The largest absolute Gasteiger partial charge is 0.494 e. The lowest BCUT2D eigenvalue weighted by Crippen LogP contribution is -2.19. The Labute approximate surface area is 216 Å². The highest BCUT2D eigenvalue weighted by atomic mass is 35.5. The molecule has 0 aliphatic heterocycles. The van der Waals surface area contributed by atoms with Gasteiger partial charge in [0.1, 0.15) is 23.2 Å². The quantitative estimate of drug-likeness (QED) is 0.242. The summed E-state index contributed by atoms with van der Waals surface area (Å²) in [5.41, 5.74) is -0.210. The summed E-state index contributed by atoms with van der Waals surface area (Å²) < 4.78 is 34.5. The first-order valence-electron chi connectivity index (χ1n) is 11.4. The smallest absolute Gasteiger partial charge is 0.294 e. The first kappa shape index (κ1) is 26.2. The van der Waals surface area contributed by atoms with E-state index >= 15 is 0 Å². The van der Waals surface area contributed by atoms with Gasteiger partial charge < -0.3 is 15.2 Å². The number of rotatable bonds is 9. The zero-order valence-corrected chi connectivity index (χ0v) is 20.8. The second-order valence-electron chi connectivity index (χ2n) is 8.90. The number of anilines is 1. The van der Waals surface area contributed by atoms with E-state index in [0.717, 1.165) is 6.20 Å². The van der Waals surface area contributed by atoms with Crippen LogP contribution in [0, 0.1) is 11.6 Å². The Hall–Kier alpha value is -3.89. The van der Waals surface area contributed by atoms with Crippen LogP contribution in [0.2, 0.25) is 5.02 Å². The van der Waals surface area contributed by atoms with Crippen molar-refractivity contribution in [3.8, 4) is 28.3 Å². The van der Waals surface area contributed by atoms with Crippen LogP contribution >= 0.6 is 11.6 Å². The fourth-order valence-electron chi connectivity index (χ4n) is 3.51. The molecule has 11 heteroatoms. The van der Waals surface area contributed by atoms with E-state index < -0.39 is 23.1 Å². The van der Waals surface area contributed by atoms with Crippen LogP contribution in [0.4, 0.5) is 14.6 Å². The van der Waals surface area contributed by atoms with E-state index in [1.54, 1.807) is 38.1 Å². The van der Waals surface area contributed by atoms with Crippen LogP contribution in [0.25, 0.3) is 22.5 Å². The number of hydrogen-bond donors (Lipinski definition) is 3. The molecule has 2 heterocycles. The van der Waals surface area contributed by atoms with Gasteiger partial charge in [0.2, 0.25) is 5.82 Å². The standard InChI is InChI=1S/C26H24ClF2N5O3/c1-26(2,36)10-5-11-37-15-8-9-19(27)17(12-15)18-13-22(30-14-21(18)29)31-25(35)24-32-23(33-34-24)16-6-3-4-7-20(16)28/h3-4,6-9,12-14,36H,5,10-11H2,1-2H3,(H,30,31,35)(H,32,33,34). The van der Waals surface area contributed by atoms with Crippen molar-refractivity contribution < 1.29 is 23.4 Å². The topological polar surface area (TPSA) is 113 Å². The minimum absolute atomic E-state index is 0.0159. The molecule has 1 amide bonds. The lowest BCUT2D eigenvalue weighted by atomic mass is 10.0. The van der Waals surface area contributed by atoms with E-state index in [9.17, 15) is 18.7 Å². The summed E-state index contributed by atoms with van der Waals surface area (Å²) in [6.07, 6.45) is 2.15. The number of aliphatic hydroxyl groups is 1. The second kappa shape index (κ2) is 11.0. The van der Waals surface area contributed by atoms with Gasteiger partial charge in [-0.15, -0.1) is 0 Å². The number of benzene rings is 2. The van der Waals surface area contributed by atoms with Crippen LogP contribution in [0.1, 0.15) is 37.3 Å². The molecular formula is C26H24ClF2N5O3. The van der Waals surface area contributed by atoms with E-state index in [2.05, 4.69) is 25.5 Å².